The molecular formula is C16H17N7O3S2. The Hall–Kier alpha value is -2.86. The topological polar surface area (TPSA) is 129 Å². The molecular weight excluding hydrogens is 402 g/mol. The Balaban J connectivity index is 1.67. The van der Waals surface area contributed by atoms with Crippen molar-refractivity contribution in [3.63, 3.8) is 0 Å². The lowest BCUT2D eigenvalue weighted by Crippen LogP contribution is -2.14. The van der Waals surface area contributed by atoms with Gasteiger partial charge in [0.2, 0.25) is 11.0 Å². The summed E-state index contributed by atoms with van der Waals surface area (Å²) in [6, 6.07) is 6.13. The maximum Gasteiger partial charge on any atom is 0.269 e. The minimum Gasteiger partial charge on any atom is -0.302 e. The monoisotopic (exact) mass is 419 g/mol. The van der Waals surface area contributed by atoms with E-state index in [0.29, 0.717) is 22.7 Å². The molecule has 1 aromatic carbocycles. The van der Waals surface area contributed by atoms with Crippen LogP contribution in [0.15, 0.2) is 29.4 Å². The zero-order chi connectivity index (χ0) is 20.1. The zero-order valence-corrected chi connectivity index (χ0v) is 16.8. The summed E-state index contributed by atoms with van der Waals surface area (Å²) >= 11 is 2.61. The third-order valence-electron chi connectivity index (χ3n) is 3.72. The molecule has 0 spiro atoms. The molecule has 1 amide bonds. The predicted octanol–water partition coefficient (Wildman–Crippen LogP) is 3.02. The summed E-state index contributed by atoms with van der Waals surface area (Å²) in [6.45, 7) is 4.51. The Kier molecular flexibility index (Phi) is 6.31. The molecule has 0 bridgehead atoms. The van der Waals surface area contributed by atoms with Crippen LogP contribution in [0.2, 0.25) is 0 Å². The van der Waals surface area contributed by atoms with Crippen molar-refractivity contribution in [3.05, 3.63) is 39.4 Å². The SMILES string of the molecule is CCc1nnc(NC(=O)CSc2nnc(-c3ccc([N+](=O)[O-])cc3)n2CC)s1. The minimum atomic E-state index is -0.449. The number of hydrogen-bond acceptors (Lipinski definition) is 9. The van der Waals surface area contributed by atoms with Gasteiger partial charge in [-0.05, 0) is 25.5 Å². The summed E-state index contributed by atoms with van der Waals surface area (Å²) in [5.41, 5.74) is 0.734. The van der Waals surface area contributed by atoms with Gasteiger partial charge in [-0.2, -0.15) is 0 Å². The molecule has 0 fully saturated rings. The molecule has 2 aromatic heterocycles. The van der Waals surface area contributed by atoms with E-state index < -0.39 is 4.92 Å². The van der Waals surface area contributed by atoms with Gasteiger partial charge in [-0.25, -0.2) is 0 Å². The molecule has 146 valence electrons. The van der Waals surface area contributed by atoms with Crippen LogP contribution in [0.3, 0.4) is 0 Å². The normalized spacial score (nSPS) is 10.8. The number of aromatic nitrogens is 5. The van der Waals surface area contributed by atoms with Gasteiger partial charge in [0, 0.05) is 24.2 Å². The quantitative estimate of drug-likeness (QED) is 0.335. The molecule has 1 N–H and O–H groups in total. The average molecular weight is 419 g/mol. The lowest BCUT2D eigenvalue weighted by atomic mass is 10.2. The van der Waals surface area contributed by atoms with Gasteiger partial charge in [0.05, 0.1) is 10.7 Å². The highest BCUT2D eigenvalue weighted by molar-refractivity contribution is 7.99. The van der Waals surface area contributed by atoms with Crippen LogP contribution in [-0.2, 0) is 17.8 Å². The van der Waals surface area contributed by atoms with Gasteiger partial charge < -0.3 is 4.57 Å². The summed E-state index contributed by atoms with van der Waals surface area (Å²) in [5, 5.41) is 31.7. The van der Waals surface area contributed by atoms with Crippen molar-refractivity contribution in [2.24, 2.45) is 0 Å². The second kappa shape index (κ2) is 8.89. The molecule has 3 aromatic rings. The average Bonchev–Trinajstić information content (AvgIpc) is 3.32. The largest absolute Gasteiger partial charge is 0.302 e. The first kappa shape index (κ1) is 19.9. The number of rotatable bonds is 8. The van der Waals surface area contributed by atoms with Gasteiger partial charge in [0.25, 0.3) is 5.69 Å². The van der Waals surface area contributed by atoms with Gasteiger partial charge in [0.15, 0.2) is 11.0 Å². The Bertz CT molecular complexity index is 985. The number of benzene rings is 1. The first-order valence-corrected chi connectivity index (χ1v) is 10.2. The van der Waals surface area contributed by atoms with Crippen molar-refractivity contribution in [2.45, 2.75) is 32.0 Å². The number of nitro benzene ring substituents is 1. The third kappa shape index (κ3) is 4.51. The number of hydrogen-bond donors (Lipinski definition) is 1. The van der Waals surface area contributed by atoms with Gasteiger partial charge >= 0.3 is 0 Å². The van der Waals surface area contributed by atoms with Crippen LogP contribution in [0, 0.1) is 10.1 Å². The van der Waals surface area contributed by atoms with E-state index >= 15 is 0 Å². The summed E-state index contributed by atoms with van der Waals surface area (Å²) in [5.74, 6) is 0.544. The number of aryl methyl sites for hydroxylation is 1. The molecule has 0 aliphatic heterocycles. The van der Waals surface area contributed by atoms with Crippen molar-refractivity contribution in [2.75, 3.05) is 11.1 Å². The van der Waals surface area contributed by atoms with Gasteiger partial charge in [-0.3, -0.25) is 20.2 Å². The Labute approximate surface area is 168 Å². The summed E-state index contributed by atoms with van der Waals surface area (Å²) < 4.78 is 1.86. The number of nitrogens with one attached hydrogen (secondary N) is 1. The van der Waals surface area contributed by atoms with Crippen LogP contribution in [0.4, 0.5) is 10.8 Å². The van der Waals surface area contributed by atoms with Crippen LogP contribution in [-0.4, -0.2) is 41.5 Å². The number of nitro groups is 1. The van der Waals surface area contributed by atoms with Crippen molar-refractivity contribution in [1.29, 1.82) is 0 Å². The Morgan fingerprint density at radius 2 is 1.96 bits per heavy atom. The molecule has 28 heavy (non-hydrogen) atoms. The van der Waals surface area contributed by atoms with Gasteiger partial charge in [0.1, 0.15) is 5.01 Å². The minimum absolute atomic E-state index is 0.0143. The fraction of sp³-hybridized carbons (Fsp3) is 0.312. The zero-order valence-electron chi connectivity index (χ0n) is 15.2. The molecule has 0 saturated carbocycles. The van der Waals surface area contributed by atoms with Crippen molar-refractivity contribution in [3.8, 4) is 11.4 Å². The molecule has 0 atom stereocenters. The van der Waals surface area contributed by atoms with Crippen LogP contribution in [0.25, 0.3) is 11.4 Å². The Morgan fingerprint density at radius 1 is 1.21 bits per heavy atom. The standard InChI is InChI=1S/C16H17N7O3S2/c1-3-13-18-20-15(28-13)17-12(24)9-27-16-21-19-14(22(16)4-2)10-5-7-11(8-6-10)23(25)26/h5-8H,3-4,9H2,1-2H3,(H,17,20,24). The first-order chi connectivity index (χ1) is 13.5. The molecule has 10 nitrogen and oxygen atoms in total. The van der Waals surface area contributed by atoms with Gasteiger partial charge in [-0.1, -0.05) is 30.0 Å². The number of nitrogens with zero attached hydrogens (tertiary/aromatic N) is 6. The number of amides is 1. The molecule has 0 radical (unpaired) electrons. The third-order valence-corrected chi connectivity index (χ3v) is 5.67. The van der Waals surface area contributed by atoms with Crippen LogP contribution in [0.5, 0.6) is 0 Å². The van der Waals surface area contributed by atoms with Crippen molar-refractivity contribution < 1.29 is 9.72 Å². The smallest absolute Gasteiger partial charge is 0.269 e. The second-order valence-corrected chi connectivity index (χ2v) is 7.55. The van der Waals surface area contributed by atoms with E-state index in [-0.39, 0.29) is 17.3 Å². The van der Waals surface area contributed by atoms with Crippen LogP contribution < -0.4 is 5.32 Å². The second-order valence-electron chi connectivity index (χ2n) is 5.55. The van der Waals surface area contributed by atoms with E-state index in [9.17, 15) is 14.9 Å². The van der Waals surface area contributed by atoms with E-state index in [2.05, 4.69) is 25.7 Å². The van der Waals surface area contributed by atoms with Crippen LogP contribution >= 0.6 is 23.1 Å². The molecule has 0 aliphatic carbocycles. The fourth-order valence-corrected chi connectivity index (χ4v) is 3.86. The highest BCUT2D eigenvalue weighted by Crippen LogP contribution is 2.26. The lowest BCUT2D eigenvalue weighted by molar-refractivity contribution is -0.384. The number of thioether (sulfide) groups is 1. The molecule has 12 heteroatoms. The number of anilines is 1. The molecule has 3 rings (SSSR count). The molecule has 2 heterocycles. The van der Waals surface area contributed by atoms with Crippen LogP contribution in [0.1, 0.15) is 18.9 Å². The van der Waals surface area contributed by atoms with E-state index in [1.165, 1.54) is 35.2 Å². The maximum atomic E-state index is 12.1. The summed E-state index contributed by atoms with van der Waals surface area (Å²) in [4.78, 5) is 22.5. The number of carbonyl (C=O) groups excluding carboxylic acids is 1. The summed E-state index contributed by atoms with van der Waals surface area (Å²) in [7, 11) is 0. The molecule has 0 saturated heterocycles. The fourth-order valence-electron chi connectivity index (χ4n) is 2.36. The predicted molar refractivity (Wildman–Crippen MR) is 106 cm³/mol. The number of non-ortho nitro benzene ring substituents is 1. The maximum absolute atomic E-state index is 12.1. The highest BCUT2D eigenvalue weighted by atomic mass is 32.2. The van der Waals surface area contributed by atoms with Gasteiger partial charge in [-0.15, -0.1) is 20.4 Å². The highest BCUT2D eigenvalue weighted by Gasteiger charge is 2.16. The van der Waals surface area contributed by atoms with Crippen molar-refractivity contribution >= 4 is 39.8 Å². The van der Waals surface area contributed by atoms with E-state index in [1.54, 1.807) is 12.1 Å². The lowest BCUT2D eigenvalue weighted by Gasteiger charge is -2.07. The van der Waals surface area contributed by atoms with E-state index in [0.717, 1.165) is 17.0 Å². The molecule has 0 unspecified atom stereocenters. The van der Waals surface area contributed by atoms with Crippen molar-refractivity contribution in [1.82, 2.24) is 25.0 Å². The first-order valence-electron chi connectivity index (χ1n) is 8.44. The molecule has 0 aliphatic rings. The Morgan fingerprint density at radius 3 is 2.57 bits per heavy atom. The van der Waals surface area contributed by atoms with E-state index in [1.807, 2.05) is 18.4 Å². The summed E-state index contributed by atoms with van der Waals surface area (Å²) in [6.07, 6.45) is 0.771. The van der Waals surface area contributed by atoms with E-state index in [4.69, 9.17) is 0 Å². The number of carbonyl (C=O) groups is 1.